The van der Waals surface area contributed by atoms with E-state index in [2.05, 4.69) is 21.8 Å². The highest BCUT2D eigenvalue weighted by atomic mass is 16.5. The fraction of sp³-hybridized carbons (Fsp3) is 0.714. The Morgan fingerprint density at radius 2 is 2.26 bits per heavy atom. The van der Waals surface area contributed by atoms with Crippen LogP contribution in [0.3, 0.4) is 0 Å². The lowest BCUT2D eigenvalue weighted by molar-refractivity contribution is 0.303. The predicted octanol–water partition coefficient (Wildman–Crippen LogP) is 1.97. The molecule has 1 aliphatic heterocycles. The monoisotopic (exact) mass is 264 g/mol. The van der Waals surface area contributed by atoms with Gasteiger partial charge in [-0.05, 0) is 19.3 Å². The van der Waals surface area contributed by atoms with E-state index in [1.54, 1.807) is 6.20 Å². The first-order valence-corrected chi connectivity index (χ1v) is 7.26. The normalized spacial score (nSPS) is 20.1. The molecule has 1 aromatic heterocycles. The molecule has 0 saturated carbocycles. The number of nitrogens with two attached hydrogens (primary N) is 1. The molecular formula is C14H24N4O. The molecule has 0 amide bonds. The molecule has 1 aromatic rings. The number of ether oxygens (including phenoxy) is 1. The Kier molecular flexibility index (Phi) is 5.39. The summed E-state index contributed by atoms with van der Waals surface area (Å²) in [6, 6.07) is 0.373. The van der Waals surface area contributed by atoms with Crippen LogP contribution in [0.4, 0.5) is 5.82 Å². The first-order valence-electron chi connectivity index (χ1n) is 7.26. The zero-order valence-corrected chi connectivity index (χ0v) is 11.7. The van der Waals surface area contributed by atoms with Crippen LogP contribution in [0.15, 0.2) is 12.4 Å². The summed E-state index contributed by atoms with van der Waals surface area (Å²) in [7, 11) is 0. The third-order valence-corrected chi connectivity index (χ3v) is 3.50. The summed E-state index contributed by atoms with van der Waals surface area (Å²) in [6.07, 6.45) is 9.31. The molecule has 0 spiro atoms. The Morgan fingerprint density at radius 1 is 1.37 bits per heavy atom. The molecular weight excluding hydrogens is 240 g/mol. The molecule has 2 heterocycles. The van der Waals surface area contributed by atoms with E-state index < -0.39 is 0 Å². The minimum atomic E-state index is 0.373. The zero-order valence-electron chi connectivity index (χ0n) is 11.7. The van der Waals surface area contributed by atoms with Crippen LogP contribution in [0.25, 0.3) is 0 Å². The molecule has 5 nitrogen and oxygen atoms in total. The lowest BCUT2D eigenvalue weighted by atomic mass is 10.1. The van der Waals surface area contributed by atoms with E-state index >= 15 is 0 Å². The van der Waals surface area contributed by atoms with Gasteiger partial charge in [0.2, 0.25) is 5.88 Å². The molecule has 1 unspecified atom stereocenters. The van der Waals surface area contributed by atoms with Gasteiger partial charge in [0.05, 0.1) is 19.0 Å². The summed E-state index contributed by atoms with van der Waals surface area (Å²) in [4.78, 5) is 11.1. The Hall–Kier alpha value is -1.36. The number of anilines is 1. The molecule has 1 atom stereocenters. The highest BCUT2D eigenvalue weighted by Gasteiger charge is 2.21. The van der Waals surface area contributed by atoms with Gasteiger partial charge < -0.3 is 15.4 Å². The van der Waals surface area contributed by atoms with Crippen molar-refractivity contribution in [3.8, 4) is 5.88 Å². The molecule has 5 heteroatoms. The summed E-state index contributed by atoms with van der Waals surface area (Å²) in [5, 5.41) is 0. The van der Waals surface area contributed by atoms with Crippen LogP contribution in [-0.4, -0.2) is 35.7 Å². The van der Waals surface area contributed by atoms with Crippen molar-refractivity contribution in [3.05, 3.63) is 12.4 Å². The van der Waals surface area contributed by atoms with Crippen LogP contribution in [0, 0.1) is 0 Å². The quantitative estimate of drug-likeness (QED) is 0.881. The Balaban J connectivity index is 2.13. The number of hydrogen-bond acceptors (Lipinski definition) is 5. The van der Waals surface area contributed by atoms with Crippen molar-refractivity contribution in [3.63, 3.8) is 0 Å². The van der Waals surface area contributed by atoms with Crippen LogP contribution in [-0.2, 0) is 0 Å². The topological polar surface area (TPSA) is 64.3 Å². The van der Waals surface area contributed by atoms with Crippen LogP contribution < -0.4 is 15.4 Å². The van der Waals surface area contributed by atoms with Gasteiger partial charge in [0.15, 0.2) is 5.82 Å². The third kappa shape index (κ3) is 3.80. The van der Waals surface area contributed by atoms with Gasteiger partial charge in [-0.2, -0.15) is 4.98 Å². The summed E-state index contributed by atoms with van der Waals surface area (Å²) in [5.74, 6) is 1.50. The minimum absolute atomic E-state index is 0.373. The number of rotatable bonds is 5. The summed E-state index contributed by atoms with van der Waals surface area (Å²) in [6.45, 7) is 4.44. The Labute approximate surface area is 115 Å². The van der Waals surface area contributed by atoms with E-state index in [0.29, 0.717) is 25.1 Å². The Morgan fingerprint density at radius 3 is 3.05 bits per heavy atom. The molecule has 0 bridgehead atoms. The molecule has 19 heavy (non-hydrogen) atoms. The summed E-state index contributed by atoms with van der Waals surface area (Å²) >= 11 is 0. The van der Waals surface area contributed by atoms with Gasteiger partial charge >= 0.3 is 0 Å². The van der Waals surface area contributed by atoms with Gasteiger partial charge in [0.25, 0.3) is 0 Å². The number of nitrogens with zero attached hydrogens (tertiary/aromatic N) is 3. The van der Waals surface area contributed by atoms with Crippen molar-refractivity contribution in [2.24, 2.45) is 5.73 Å². The van der Waals surface area contributed by atoms with Gasteiger partial charge in [0.1, 0.15) is 0 Å². The molecule has 0 aromatic carbocycles. The number of aromatic nitrogens is 2. The van der Waals surface area contributed by atoms with Gasteiger partial charge in [-0.3, -0.25) is 4.98 Å². The highest BCUT2D eigenvalue weighted by molar-refractivity contribution is 5.39. The third-order valence-electron chi connectivity index (χ3n) is 3.50. The van der Waals surface area contributed by atoms with Gasteiger partial charge in [-0.25, -0.2) is 0 Å². The van der Waals surface area contributed by atoms with Crippen LogP contribution in [0.1, 0.15) is 39.0 Å². The van der Waals surface area contributed by atoms with Gasteiger partial charge in [-0.1, -0.05) is 19.8 Å². The lowest BCUT2D eigenvalue weighted by Gasteiger charge is -2.29. The predicted molar refractivity (Wildman–Crippen MR) is 76.5 cm³/mol. The second-order valence-electron chi connectivity index (χ2n) is 5.00. The van der Waals surface area contributed by atoms with E-state index in [1.807, 2.05) is 6.20 Å². The van der Waals surface area contributed by atoms with Crippen molar-refractivity contribution in [2.75, 3.05) is 24.6 Å². The molecule has 2 rings (SSSR count). The van der Waals surface area contributed by atoms with E-state index in [4.69, 9.17) is 10.5 Å². The Bertz CT molecular complexity index is 385. The van der Waals surface area contributed by atoms with E-state index in [1.165, 1.54) is 19.3 Å². The average Bonchev–Trinajstić information content (AvgIpc) is 2.70. The molecule has 106 valence electrons. The maximum Gasteiger partial charge on any atom is 0.234 e. The van der Waals surface area contributed by atoms with Crippen molar-refractivity contribution < 1.29 is 4.74 Å². The fourth-order valence-electron chi connectivity index (χ4n) is 2.48. The SMILES string of the molecule is CCCOc1cncc(N2CCCCCC2CN)n1. The van der Waals surface area contributed by atoms with Crippen molar-refractivity contribution in [1.82, 2.24) is 9.97 Å². The van der Waals surface area contributed by atoms with E-state index in [0.717, 1.165) is 25.2 Å². The van der Waals surface area contributed by atoms with Gasteiger partial charge in [0, 0.05) is 19.1 Å². The van der Waals surface area contributed by atoms with Crippen LogP contribution >= 0.6 is 0 Å². The van der Waals surface area contributed by atoms with Gasteiger partial charge in [-0.15, -0.1) is 0 Å². The molecule has 1 fully saturated rings. The van der Waals surface area contributed by atoms with Crippen LogP contribution in [0.5, 0.6) is 5.88 Å². The maximum absolute atomic E-state index is 5.90. The first-order chi connectivity index (χ1) is 9.35. The summed E-state index contributed by atoms with van der Waals surface area (Å²) in [5.41, 5.74) is 5.90. The molecule has 1 aliphatic rings. The molecule has 1 saturated heterocycles. The van der Waals surface area contributed by atoms with E-state index in [9.17, 15) is 0 Å². The summed E-state index contributed by atoms with van der Waals surface area (Å²) < 4.78 is 5.56. The maximum atomic E-state index is 5.90. The van der Waals surface area contributed by atoms with Crippen LogP contribution in [0.2, 0.25) is 0 Å². The lowest BCUT2D eigenvalue weighted by Crippen LogP contribution is -2.40. The largest absolute Gasteiger partial charge is 0.477 e. The highest BCUT2D eigenvalue weighted by Crippen LogP contribution is 2.23. The molecule has 0 aliphatic carbocycles. The standard InChI is InChI=1S/C14H24N4O/c1-2-8-19-14-11-16-10-13(17-14)18-7-5-3-4-6-12(18)9-15/h10-12H,2-9,15H2,1H3. The second kappa shape index (κ2) is 7.28. The molecule has 2 N–H and O–H groups in total. The van der Waals surface area contributed by atoms with Crippen molar-refractivity contribution in [1.29, 1.82) is 0 Å². The minimum Gasteiger partial charge on any atom is -0.477 e. The number of hydrogen-bond donors (Lipinski definition) is 1. The van der Waals surface area contributed by atoms with Crippen molar-refractivity contribution >= 4 is 5.82 Å². The van der Waals surface area contributed by atoms with Crippen molar-refractivity contribution in [2.45, 2.75) is 45.1 Å². The average molecular weight is 264 g/mol. The smallest absolute Gasteiger partial charge is 0.234 e. The second-order valence-corrected chi connectivity index (χ2v) is 5.00. The first kappa shape index (κ1) is 14.1. The fourth-order valence-corrected chi connectivity index (χ4v) is 2.48. The van der Waals surface area contributed by atoms with E-state index in [-0.39, 0.29) is 0 Å². The molecule has 0 radical (unpaired) electrons. The zero-order chi connectivity index (χ0) is 13.5.